The predicted octanol–water partition coefficient (Wildman–Crippen LogP) is 0.253. The number of carbonyl (C=O) groups excluding carboxylic acids is 3. The van der Waals surface area contributed by atoms with Crippen molar-refractivity contribution >= 4 is 29.7 Å². The van der Waals surface area contributed by atoms with Gasteiger partial charge < -0.3 is 18.9 Å². The molecule has 20 heavy (non-hydrogen) atoms. The van der Waals surface area contributed by atoms with E-state index < -0.39 is 47.8 Å². The SMILES string of the molecule is CC(=O)OC1C(OC(C)=O)[C@@H]2O[C@H]1SC[C@@H]2OC(C)=O. The van der Waals surface area contributed by atoms with E-state index in [0.717, 1.165) is 0 Å². The molecule has 0 aromatic carbocycles. The normalized spacial score (nSPS) is 35.2. The molecule has 2 saturated heterocycles. The molecule has 0 spiro atoms. The molecule has 2 aliphatic rings. The number of hydrogen-bond donors (Lipinski definition) is 0. The molecule has 5 atom stereocenters. The maximum Gasteiger partial charge on any atom is 0.303 e. The van der Waals surface area contributed by atoms with Crippen LogP contribution in [0.2, 0.25) is 0 Å². The van der Waals surface area contributed by atoms with Gasteiger partial charge in [0.25, 0.3) is 0 Å². The summed E-state index contributed by atoms with van der Waals surface area (Å²) in [5.74, 6) is -0.914. The van der Waals surface area contributed by atoms with Crippen molar-refractivity contribution in [3.05, 3.63) is 0 Å². The molecule has 2 rings (SSSR count). The molecule has 0 radical (unpaired) electrons. The van der Waals surface area contributed by atoms with Crippen LogP contribution in [0.3, 0.4) is 0 Å². The highest BCUT2D eigenvalue weighted by molar-refractivity contribution is 7.99. The molecule has 0 saturated carbocycles. The van der Waals surface area contributed by atoms with Gasteiger partial charge in [-0.1, -0.05) is 0 Å². The van der Waals surface area contributed by atoms with E-state index in [9.17, 15) is 14.4 Å². The lowest BCUT2D eigenvalue weighted by atomic mass is 10.1. The van der Waals surface area contributed by atoms with Gasteiger partial charge in [0.1, 0.15) is 17.6 Å². The quantitative estimate of drug-likeness (QED) is 0.542. The number of rotatable bonds is 3. The molecular formula is C12H16O7S. The number of carbonyl (C=O) groups is 3. The van der Waals surface area contributed by atoms with Crippen LogP contribution in [0.25, 0.3) is 0 Å². The lowest BCUT2D eigenvalue weighted by Crippen LogP contribution is -2.44. The third-order valence-corrected chi connectivity index (χ3v) is 4.15. The van der Waals surface area contributed by atoms with E-state index in [2.05, 4.69) is 0 Å². The summed E-state index contributed by atoms with van der Waals surface area (Å²) in [6, 6.07) is 0. The second-order valence-corrected chi connectivity index (χ2v) is 5.73. The van der Waals surface area contributed by atoms with Gasteiger partial charge in [-0.15, -0.1) is 11.8 Å². The van der Waals surface area contributed by atoms with Gasteiger partial charge in [-0.2, -0.15) is 0 Å². The van der Waals surface area contributed by atoms with Crippen molar-refractivity contribution in [3.8, 4) is 0 Å². The molecule has 2 fully saturated rings. The minimum Gasteiger partial charge on any atom is -0.459 e. The fraction of sp³-hybridized carbons (Fsp3) is 0.750. The summed E-state index contributed by atoms with van der Waals surface area (Å²) in [6.45, 7) is 3.85. The molecule has 112 valence electrons. The lowest BCUT2D eigenvalue weighted by molar-refractivity contribution is -0.168. The van der Waals surface area contributed by atoms with Crippen LogP contribution in [0, 0.1) is 0 Å². The zero-order valence-electron chi connectivity index (χ0n) is 11.4. The Labute approximate surface area is 120 Å². The van der Waals surface area contributed by atoms with Crippen molar-refractivity contribution in [2.45, 2.75) is 50.6 Å². The summed E-state index contributed by atoms with van der Waals surface area (Å²) < 4.78 is 21.2. The van der Waals surface area contributed by atoms with Crippen molar-refractivity contribution in [1.82, 2.24) is 0 Å². The minimum atomic E-state index is -0.763. The van der Waals surface area contributed by atoms with Gasteiger partial charge in [0, 0.05) is 26.5 Å². The van der Waals surface area contributed by atoms with Gasteiger partial charge in [0.2, 0.25) is 0 Å². The minimum absolute atomic E-state index is 0.417. The van der Waals surface area contributed by atoms with Gasteiger partial charge >= 0.3 is 17.9 Å². The molecule has 2 heterocycles. The smallest absolute Gasteiger partial charge is 0.303 e. The number of thioether (sulfide) groups is 1. The van der Waals surface area contributed by atoms with Gasteiger partial charge in [-0.3, -0.25) is 14.4 Å². The number of fused-ring (bicyclic) bond motifs is 2. The Hall–Kier alpha value is -1.28. The Kier molecular flexibility index (Phi) is 4.54. The number of esters is 3. The lowest BCUT2D eigenvalue weighted by Gasteiger charge is -2.29. The van der Waals surface area contributed by atoms with Crippen LogP contribution in [-0.2, 0) is 33.3 Å². The second-order valence-electron chi connectivity index (χ2n) is 4.60. The first kappa shape index (κ1) is 15.1. The zero-order valence-corrected chi connectivity index (χ0v) is 12.2. The molecule has 2 aliphatic heterocycles. The first-order chi connectivity index (χ1) is 9.38. The first-order valence-electron chi connectivity index (χ1n) is 6.17. The molecular weight excluding hydrogens is 288 g/mol. The number of ether oxygens (including phenoxy) is 4. The maximum absolute atomic E-state index is 11.2. The van der Waals surface area contributed by atoms with E-state index in [1.165, 1.54) is 32.5 Å². The van der Waals surface area contributed by atoms with Crippen LogP contribution in [-0.4, -0.2) is 53.5 Å². The average Bonchev–Trinajstić information content (AvgIpc) is 2.57. The topological polar surface area (TPSA) is 88.1 Å². The highest BCUT2D eigenvalue weighted by Gasteiger charge is 2.56. The summed E-state index contributed by atoms with van der Waals surface area (Å²) in [7, 11) is 0. The van der Waals surface area contributed by atoms with E-state index in [0.29, 0.717) is 5.75 Å². The van der Waals surface area contributed by atoms with Crippen LogP contribution < -0.4 is 0 Å². The fourth-order valence-corrected chi connectivity index (χ4v) is 3.57. The molecule has 2 bridgehead atoms. The van der Waals surface area contributed by atoms with Gasteiger partial charge in [-0.25, -0.2) is 0 Å². The van der Waals surface area contributed by atoms with Crippen molar-refractivity contribution in [2.24, 2.45) is 0 Å². The van der Waals surface area contributed by atoms with E-state index >= 15 is 0 Å². The summed E-state index contributed by atoms with van der Waals surface area (Å²) in [5, 5.41) is 0. The van der Waals surface area contributed by atoms with Gasteiger partial charge in [0.15, 0.2) is 12.2 Å². The van der Waals surface area contributed by atoms with E-state index in [4.69, 9.17) is 18.9 Å². The molecule has 0 aromatic rings. The summed E-state index contributed by atoms with van der Waals surface area (Å²) in [4.78, 5) is 33.5. The van der Waals surface area contributed by atoms with Crippen molar-refractivity contribution < 1.29 is 33.3 Å². The number of hydrogen-bond acceptors (Lipinski definition) is 8. The molecule has 7 nitrogen and oxygen atoms in total. The van der Waals surface area contributed by atoms with E-state index in [1.807, 2.05) is 0 Å². The zero-order chi connectivity index (χ0) is 14.9. The van der Waals surface area contributed by atoms with Gasteiger partial charge in [0.05, 0.1) is 0 Å². The van der Waals surface area contributed by atoms with Crippen LogP contribution >= 0.6 is 11.8 Å². The highest BCUT2D eigenvalue weighted by atomic mass is 32.2. The molecule has 8 heteroatoms. The van der Waals surface area contributed by atoms with Gasteiger partial charge in [-0.05, 0) is 0 Å². The molecule has 0 aromatic heterocycles. The molecule has 0 N–H and O–H groups in total. The van der Waals surface area contributed by atoms with Crippen molar-refractivity contribution in [2.75, 3.05) is 5.75 Å². The van der Waals surface area contributed by atoms with Crippen molar-refractivity contribution in [1.29, 1.82) is 0 Å². The van der Waals surface area contributed by atoms with Crippen LogP contribution in [0.4, 0.5) is 0 Å². The second kappa shape index (κ2) is 6.01. The summed E-state index contributed by atoms with van der Waals surface area (Å²) in [6.07, 6.45) is -2.59. The van der Waals surface area contributed by atoms with Crippen LogP contribution in [0.1, 0.15) is 20.8 Å². The first-order valence-corrected chi connectivity index (χ1v) is 7.22. The van der Waals surface area contributed by atoms with Crippen LogP contribution in [0.5, 0.6) is 0 Å². The van der Waals surface area contributed by atoms with Crippen molar-refractivity contribution in [3.63, 3.8) is 0 Å². The van der Waals surface area contributed by atoms with E-state index in [1.54, 1.807) is 0 Å². The third kappa shape index (κ3) is 3.24. The largest absolute Gasteiger partial charge is 0.459 e. The highest BCUT2D eigenvalue weighted by Crippen LogP contribution is 2.41. The summed E-state index contributed by atoms with van der Waals surface area (Å²) in [5.41, 5.74) is -0.417. The molecule has 2 unspecified atom stereocenters. The third-order valence-electron chi connectivity index (χ3n) is 2.92. The standard InChI is InChI=1S/C12H16O7S/c1-5(13)16-8-4-20-12-11(18-7(3)15)10(9(8)19-12)17-6(2)14/h8-12H,4H2,1-3H3/t8-,9+,10?,11?,12-/m0/s1. The Bertz CT molecular complexity index is 424. The molecule has 0 amide bonds. The molecule has 0 aliphatic carbocycles. The Morgan fingerprint density at radius 3 is 2.05 bits per heavy atom. The fourth-order valence-electron chi connectivity index (χ4n) is 2.32. The maximum atomic E-state index is 11.2. The Balaban J connectivity index is 2.17. The average molecular weight is 304 g/mol. The Morgan fingerprint density at radius 2 is 1.50 bits per heavy atom. The Morgan fingerprint density at radius 1 is 0.950 bits per heavy atom. The van der Waals surface area contributed by atoms with Crippen LogP contribution in [0.15, 0.2) is 0 Å². The predicted molar refractivity (Wildman–Crippen MR) is 67.8 cm³/mol. The van der Waals surface area contributed by atoms with E-state index in [-0.39, 0.29) is 0 Å². The summed E-state index contributed by atoms with van der Waals surface area (Å²) >= 11 is 1.37. The monoisotopic (exact) mass is 304 g/mol.